The van der Waals surface area contributed by atoms with Gasteiger partial charge in [-0.2, -0.15) is 0 Å². The Labute approximate surface area is 110 Å². The van der Waals surface area contributed by atoms with Crippen LogP contribution >= 0.6 is 0 Å². The Morgan fingerprint density at radius 3 is 2.56 bits per heavy atom. The number of hydrogen-bond donors (Lipinski definition) is 1. The predicted octanol–water partition coefficient (Wildman–Crippen LogP) is 3.08. The lowest BCUT2D eigenvalue weighted by atomic mass is 9.90. The van der Waals surface area contributed by atoms with Crippen LogP contribution in [-0.2, 0) is 11.2 Å². The smallest absolute Gasteiger partial charge is 0.123 e. The van der Waals surface area contributed by atoms with E-state index in [9.17, 15) is 4.39 Å². The minimum atomic E-state index is -0.246. The molecule has 102 valence electrons. The van der Waals surface area contributed by atoms with Gasteiger partial charge in [0.15, 0.2) is 0 Å². The molecular weight excluding hydrogens is 229 g/mol. The Balaban J connectivity index is 2.85. The Morgan fingerprint density at radius 2 is 2.06 bits per heavy atom. The molecule has 0 aliphatic carbocycles. The van der Waals surface area contributed by atoms with Crippen molar-refractivity contribution in [3.8, 4) is 0 Å². The van der Waals surface area contributed by atoms with Gasteiger partial charge in [0.25, 0.3) is 0 Å². The SMILES string of the molecule is CCOC(C)(C)C(Cc1ccc(F)cc1C)NC. The van der Waals surface area contributed by atoms with Crippen LogP contribution in [0.15, 0.2) is 18.2 Å². The van der Waals surface area contributed by atoms with E-state index < -0.39 is 0 Å². The molecule has 0 amide bonds. The molecule has 0 aliphatic heterocycles. The lowest BCUT2D eigenvalue weighted by molar-refractivity contribution is -0.0363. The number of hydrogen-bond acceptors (Lipinski definition) is 2. The molecule has 0 radical (unpaired) electrons. The first-order valence-corrected chi connectivity index (χ1v) is 6.47. The maximum absolute atomic E-state index is 13.1. The van der Waals surface area contributed by atoms with Crippen LogP contribution in [0.25, 0.3) is 0 Å². The summed E-state index contributed by atoms with van der Waals surface area (Å²) < 4.78 is 18.9. The second kappa shape index (κ2) is 6.30. The van der Waals surface area contributed by atoms with Crippen LogP contribution in [0, 0.1) is 12.7 Å². The molecule has 0 aromatic heterocycles. The van der Waals surface area contributed by atoms with Crippen LogP contribution in [-0.4, -0.2) is 25.3 Å². The molecule has 3 heteroatoms. The molecular formula is C15H24FNO. The molecule has 0 aliphatic rings. The summed E-state index contributed by atoms with van der Waals surface area (Å²) in [5.41, 5.74) is 1.90. The topological polar surface area (TPSA) is 21.3 Å². The molecule has 1 N–H and O–H groups in total. The Hall–Kier alpha value is -0.930. The van der Waals surface area contributed by atoms with Gasteiger partial charge in [-0.3, -0.25) is 0 Å². The van der Waals surface area contributed by atoms with E-state index in [-0.39, 0.29) is 17.5 Å². The summed E-state index contributed by atoms with van der Waals surface area (Å²) in [7, 11) is 1.93. The zero-order valence-electron chi connectivity index (χ0n) is 12.0. The fourth-order valence-corrected chi connectivity index (χ4v) is 2.28. The number of nitrogens with one attached hydrogen (secondary N) is 1. The molecule has 0 spiro atoms. The summed E-state index contributed by atoms with van der Waals surface area (Å²) in [5, 5.41) is 3.30. The van der Waals surface area contributed by atoms with Crippen LogP contribution in [0.2, 0.25) is 0 Å². The minimum absolute atomic E-state index is 0.179. The van der Waals surface area contributed by atoms with Crippen molar-refractivity contribution in [3.05, 3.63) is 35.1 Å². The second-order valence-corrected chi connectivity index (χ2v) is 5.15. The standard InChI is InChI=1S/C15H24FNO/c1-6-18-15(3,4)14(17-5)10-12-7-8-13(16)9-11(12)2/h7-9,14,17H,6,10H2,1-5H3. The highest BCUT2D eigenvalue weighted by Gasteiger charge is 2.29. The predicted molar refractivity (Wildman–Crippen MR) is 73.4 cm³/mol. The van der Waals surface area contributed by atoms with E-state index in [1.807, 2.05) is 27.0 Å². The second-order valence-electron chi connectivity index (χ2n) is 5.15. The van der Waals surface area contributed by atoms with E-state index in [0.29, 0.717) is 6.61 Å². The first-order valence-electron chi connectivity index (χ1n) is 6.47. The number of rotatable bonds is 6. The number of halogens is 1. The first kappa shape index (κ1) is 15.1. The third-order valence-electron chi connectivity index (χ3n) is 3.43. The van der Waals surface area contributed by atoms with Crippen LogP contribution in [0.1, 0.15) is 31.9 Å². The van der Waals surface area contributed by atoms with E-state index in [1.54, 1.807) is 6.07 Å². The van der Waals surface area contributed by atoms with Crippen molar-refractivity contribution in [2.75, 3.05) is 13.7 Å². The van der Waals surface area contributed by atoms with Crippen molar-refractivity contribution >= 4 is 0 Å². The molecule has 0 heterocycles. The lowest BCUT2D eigenvalue weighted by Gasteiger charge is -2.34. The van der Waals surface area contributed by atoms with Gasteiger partial charge in [0, 0.05) is 12.6 Å². The number of benzene rings is 1. The van der Waals surface area contributed by atoms with Crippen molar-refractivity contribution < 1.29 is 9.13 Å². The molecule has 1 unspecified atom stereocenters. The summed E-state index contributed by atoms with van der Waals surface area (Å²) in [6.45, 7) is 8.79. The van der Waals surface area contributed by atoms with Crippen LogP contribution in [0.3, 0.4) is 0 Å². The van der Waals surface area contributed by atoms with E-state index >= 15 is 0 Å². The third-order valence-corrected chi connectivity index (χ3v) is 3.43. The van der Waals surface area contributed by atoms with Crippen molar-refractivity contribution in [2.45, 2.75) is 45.8 Å². The maximum atomic E-state index is 13.1. The van der Waals surface area contributed by atoms with Gasteiger partial charge < -0.3 is 10.1 Å². The Kier molecular flexibility index (Phi) is 5.29. The van der Waals surface area contributed by atoms with E-state index in [4.69, 9.17) is 4.74 Å². The van der Waals surface area contributed by atoms with Gasteiger partial charge in [-0.25, -0.2) is 4.39 Å². The summed E-state index contributed by atoms with van der Waals surface area (Å²) in [6, 6.07) is 5.15. The van der Waals surface area contributed by atoms with Crippen molar-refractivity contribution in [3.63, 3.8) is 0 Å². The Bertz CT molecular complexity index is 390. The van der Waals surface area contributed by atoms with Crippen molar-refractivity contribution in [2.24, 2.45) is 0 Å². The number of aryl methyl sites for hydroxylation is 1. The average molecular weight is 253 g/mol. The molecule has 0 saturated carbocycles. The van der Waals surface area contributed by atoms with Crippen molar-refractivity contribution in [1.29, 1.82) is 0 Å². The molecule has 0 bridgehead atoms. The van der Waals surface area contributed by atoms with Crippen LogP contribution in [0.5, 0.6) is 0 Å². The van der Waals surface area contributed by atoms with Gasteiger partial charge in [0.2, 0.25) is 0 Å². The summed E-state index contributed by atoms with van der Waals surface area (Å²) in [5.74, 6) is -0.179. The molecule has 0 fully saturated rings. The van der Waals surface area contributed by atoms with Crippen LogP contribution < -0.4 is 5.32 Å². The molecule has 18 heavy (non-hydrogen) atoms. The fourth-order valence-electron chi connectivity index (χ4n) is 2.28. The van der Waals surface area contributed by atoms with Gasteiger partial charge in [-0.1, -0.05) is 6.07 Å². The molecule has 1 aromatic rings. The third kappa shape index (κ3) is 3.79. The van der Waals surface area contributed by atoms with Gasteiger partial charge in [0.05, 0.1) is 5.60 Å². The lowest BCUT2D eigenvalue weighted by Crippen LogP contribution is -2.48. The van der Waals surface area contributed by atoms with E-state index in [2.05, 4.69) is 19.2 Å². The zero-order chi connectivity index (χ0) is 13.8. The van der Waals surface area contributed by atoms with E-state index in [0.717, 1.165) is 17.5 Å². The summed E-state index contributed by atoms with van der Waals surface area (Å²) >= 11 is 0. The number of ether oxygens (including phenoxy) is 1. The highest BCUT2D eigenvalue weighted by atomic mass is 19.1. The molecule has 0 saturated heterocycles. The van der Waals surface area contributed by atoms with Gasteiger partial charge in [-0.05, 0) is 64.4 Å². The first-order chi connectivity index (χ1) is 8.40. The van der Waals surface area contributed by atoms with Crippen molar-refractivity contribution in [1.82, 2.24) is 5.32 Å². The van der Waals surface area contributed by atoms with E-state index in [1.165, 1.54) is 6.07 Å². The molecule has 2 nitrogen and oxygen atoms in total. The molecule has 1 aromatic carbocycles. The minimum Gasteiger partial charge on any atom is -0.374 e. The molecule has 1 atom stereocenters. The van der Waals surface area contributed by atoms with Crippen LogP contribution in [0.4, 0.5) is 4.39 Å². The monoisotopic (exact) mass is 253 g/mol. The van der Waals surface area contributed by atoms with Gasteiger partial charge in [-0.15, -0.1) is 0 Å². The Morgan fingerprint density at radius 1 is 1.39 bits per heavy atom. The fraction of sp³-hybridized carbons (Fsp3) is 0.600. The highest BCUT2D eigenvalue weighted by Crippen LogP contribution is 2.21. The maximum Gasteiger partial charge on any atom is 0.123 e. The average Bonchev–Trinajstić information content (AvgIpc) is 2.27. The highest BCUT2D eigenvalue weighted by molar-refractivity contribution is 5.27. The van der Waals surface area contributed by atoms with Gasteiger partial charge in [0.1, 0.15) is 5.82 Å². The quantitative estimate of drug-likeness (QED) is 0.841. The normalized spacial score (nSPS) is 13.7. The molecule has 1 rings (SSSR count). The largest absolute Gasteiger partial charge is 0.374 e. The van der Waals surface area contributed by atoms with Gasteiger partial charge >= 0.3 is 0 Å². The number of likely N-dealkylation sites (N-methyl/N-ethyl adjacent to an activating group) is 1. The zero-order valence-corrected chi connectivity index (χ0v) is 12.0. The summed E-state index contributed by atoms with van der Waals surface area (Å²) in [6.07, 6.45) is 0.829. The summed E-state index contributed by atoms with van der Waals surface area (Å²) in [4.78, 5) is 0.